The maximum absolute atomic E-state index is 11.7. The van der Waals surface area contributed by atoms with Crippen LogP contribution in [0.2, 0.25) is 0 Å². The van der Waals surface area contributed by atoms with Crippen molar-refractivity contribution in [2.75, 3.05) is 13.1 Å². The van der Waals surface area contributed by atoms with E-state index in [0.717, 1.165) is 44.6 Å². The van der Waals surface area contributed by atoms with E-state index in [0.29, 0.717) is 18.2 Å². The molecule has 0 radical (unpaired) electrons. The number of aromatic nitrogens is 2. The van der Waals surface area contributed by atoms with Gasteiger partial charge in [0.2, 0.25) is 0 Å². The van der Waals surface area contributed by atoms with Crippen molar-refractivity contribution in [2.24, 2.45) is 5.92 Å². The minimum absolute atomic E-state index is 0.227. The zero-order valence-electron chi connectivity index (χ0n) is 13.0. The van der Waals surface area contributed by atoms with Crippen molar-refractivity contribution < 1.29 is 4.79 Å². The third-order valence-electron chi connectivity index (χ3n) is 4.47. The Morgan fingerprint density at radius 3 is 2.75 bits per heavy atom. The van der Waals surface area contributed by atoms with Gasteiger partial charge in [0.1, 0.15) is 5.78 Å². The molecule has 1 unspecified atom stereocenters. The highest BCUT2D eigenvalue weighted by atomic mass is 16.1. The molecule has 1 aliphatic heterocycles. The number of carbonyl (C=O) groups is 1. The maximum Gasteiger partial charge on any atom is 0.138 e. The summed E-state index contributed by atoms with van der Waals surface area (Å²) in [5.41, 5.74) is 1.13. The normalized spacial score (nSPS) is 20.8. The van der Waals surface area contributed by atoms with Gasteiger partial charge < -0.3 is 0 Å². The van der Waals surface area contributed by atoms with Crippen LogP contribution in [-0.2, 0) is 11.3 Å². The first-order valence-electron chi connectivity index (χ1n) is 7.96. The van der Waals surface area contributed by atoms with Crippen LogP contribution in [0, 0.1) is 5.92 Å². The molecule has 1 aromatic rings. The molecule has 0 N–H and O–H groups in total. The molecule has 4 nitrogen and oxygen atoms in total. The molecule has 0 spiro atoms. The minimum atomic E-state index is 0.227. The number of hydrogen-bond donors (Lipinski definition) is 0. The summed E-state index contributed by atoms with van der Waals surface area (Å²) in [6.07, 6.45) is 5.99. The van der Waals surface area contributed by atoms with E-state index in [1.807, 2.05) is 0 Å². The Balaban J connectivity index is 1.95. The first-order valence-corrected chi connectivity index (χ1v) is 7.96. The summed E-state index contributed by atoms with van der Waals surface area (Å²) in [5, 5.41) is 4.71. The van der Waals surface area contributed by atoms with E-state index in [2.05, 4.69) is 42.6 Å². The van der Waals surface area contributed by atoms with E-state index in [4.69, 9.17) is 5.10 Å². The molecule has 0 saturated carbocycles. The van der Waals surface area contributed by atoms with Crippen LogP contribution in [0.4, 0.5) is 0 Å². The van der Waals surface area contributed by atoms with Gasteiger partial charge in [-0.25, -0.2) is 0 Å². The predicted octanol–water partition coefficient (Wildman–Crippen LogP) is 3.05. The molecule has 2 rings (SSSR count). The van der Waals surface area contributed by atoms with Crippen molar-refractivity contribution in [2.45, 2.75) is 59.0 Å². The monoisotopic (exact) mass is 277 g/mol. The summed E-state index contributed by atoms with van der Waals surface area (Å²) in [5.74, 6) is 0.663. The quantitative estimate of drug-likeness (QED) is 0.802. The van der Waals surface area contributed by atoms with Crippen LogP contribution in [0.3, 0.4) is 0 Å². The Kier molecular flexibility index (Phi) is 5.35. The Labute approximate surface area is 122 Å². The Hall–Kier alpha value is -1.16. The lowest BCUT2D eigenvalue weighted by Gasteiger charge is -2.30. The Morgan fingerprint density at radius 1 is 1.35 bits per heavy atom. The van der Waals surface area contributed by atoms with E-state index < -0.39 is 0 Å². The van der Waals surface area contributed by atoms with Gasteiger partial charge in [-0.1, -0.05) is 20.8 Å². The van der Waals surface area contributed by atoms with E-state index >= 15 is 0 Å². The van der Waals surface area contributed by atoms with Gasteiger partial charge >= 0.3 is 0 Å². The van der Waals surface area contributed by atoms with Gasteiger partial charge in [0.05, 0.1) is 11.7 Å². The van der Waals surface area contributed by atoms with Gasteiger partial charge in [-0.3, -0.25) is 14.4 Å². The van der Waals surface area contributed by atoms with Crippen molar-refractivity contribution in [3.05, 3.63) is 18.0 Å². The lowest BCUT2D eigenvalue weighted by molar-refractivity contribution is -0.126. The summed E-state index contributed by atoms with van der Waals surface area (Å²) >= 11 is 0. The van der Waals surface area contributed by atoms with Crippen LogP contribution in [0.15, 0.2) is 12.3 Å². The van der Waals surface area contributed by atoms with Crippen LogP contribution in [-0.4, -0.2) is 33.6 Å². The molecule has 1 fully saturated rings. The molecular weight excluding hydrogens is 250 g/mol. The molecule has 1 saturated heterocycles. The zero-order valence-corrected chi connectivity index (χ0v) is 13.0. The van der Waals surface area contributed by atoms with Gasteiger partial charge in [-0.05, 0) is 25.3 Å². The highest BCUT2D eigenvalue weighted by Gasteiger charge is 2.26. The third kappa shape index (κ3) is 3.48. The van der Waals surface area contributed by atoms with E-state index in [9.17, 15) is 4.79 Å². The fourth-order valence-corrected chi connectivity index (χ4v) is 3.03. The molecule has 1 aromatic heterocycles. The third-order valence-corrected chi connectivity index (χ3v) is 4.47. The highest BCUT2D eigenvalue weighted by molar-refractivity contribution is 5.82. The number of nitrogens with zero attached hydrogens (tertiary/aromatic N) is 3. The molecule has 2 heterocycles. The molecule has 0 aromatic carbocycles. The lowest BCUT2D eigenvalue weighted by atomic mass is 9.94. The second-order valence-corrected chi connectivity index (χ2v) is 5.81. The molecule has 112 valence electrons. The van der Waals surface area contributed by atoms with Gasteiger partial charge in [0.15, 0.2) is 0 Å². The van der Waals surface area contributed by atoms with Crippen LogP contribution in [0.5, 0.6) is 0 Å². The van der Waals surface area contributed by atoms with E-state index in [1.165, 1.54) is 0 Å². The average molecular weight is 277 g/mol. The fraction of sp³-hybridized carbons (Fsp3) is 0.750. The molecule has 4 heteroatoms. The fourth-order valence-electron chi connectivity index (χ4n) is 3.03. The maximum atomic E-state index is 11.7. The van der Waals surface area contributed by atoms with Crippen LogP contribution >= 0.6 is 0 Å². The first kappa shape index (κ1) is 15.2. The molecule has 1 atom stereocenters. The van der Waals surface area contributed by atoms with Crippen molar-refractivity contribution in [3.8, 4) is 0 Å². The zero-order chi connectivity index (χ0) is 14.5. The summed E-state index contributed by atoms with van der Waals surface area (Å²) in [6, 6.07) is 2.63. The molecule has 0 bridgehead atoms. The number of ketones is 1. The smallest absolute Gasteiger partial charge is 0.138 e. The first-order chi connectivity index (χ1) is 9.67. The van der Waals surface area contributed by atoms with E-state index in [-0.39, 0.29) is 5.92 Å². The standard InChI is InChI=1S/C16H27N3O/c1-4-13-11-18(9-8-16(13)20)12-14-7-10-19(17-14)15(5-2)6-3/h7,10,13,15H,4-6,8-9,11-12H2,1-3H3. The Bertz CT molecular complexity index is 437. The molecular formula is C16H27N3O. The number of likely N-dealkylation sites (tertiary alicyclic amines) is 1. The second kappa shape index (κ2) is 7.02. The van der Waals surface area contributed by atoms with E-state index in [1.54, 1.807) is 0 Å². The SMILES string of the molecule is CCC1CN(Cc2ccn(C(CC)CC)n2)CCC1=O. The Morgan fingerprint density at radius 2 is 2.10 bits per heavy atom. The molecule has 20 heavy (non-hydrogen) atoms. The summed E-state index contributed by atoms with van der Waals surface area (Å²) in [6.45, 7) is 9.17. The van der Waals surface area contributed by atoms with Crippen molar-refractivity contribution in [1.29, 1.82) is 0 Å². The molecule has 1 aliphatic rings. The topological polar surface area (TPSA) is 38.1 Å². The predicted molar refractivity (Wildman–Crippen MR) is 80.5 cm³/mol. The summed E-state index contributed by atoms with van der Waals surface area (Å²) in [4.78, 5) is 14.1. The highest BCUT2D eigenvalue weighted by Crippen LogP contribution is 2.19. The second-order valence-electron chi connectivity index (χ2n) is 5.81. The van der Waals surface area contributed by atoms with Crippen LogP contribution < -0.4 is 0 Å². The summed E-state index contributed by atoms with van der Waals surface area (Å²) < 4.78 is 2.10. The minimum Gasteiger partial charge on any atom is -0.299 e. The number of piperidine rings is 1. The van der Waals surface area contributed by atoms with Crippen molar-refractivity contribution in [3.63, 3.8) is 0 Å². The average Bonchev–Trinajstić information content (AvgIpc) is 2.91. The van der Waals surface area contributed by atoms with Gasteiger partial charge in [-0.15, -0.1) is 0 Å². The number of carbonyl (C=O) groups excluding carboxylic acids is 1. The largest absolute Gasteiger partial charge is 0.299 e. The molecule has 0 aliphatic carbocycles. The number of Topliss-reactive ketones (excluding diaryl/α,β-unsaturated/α-hetero) is 1. The number of hydrogen-bond acceptors (Lipinski definition) is 3. The lowest BCUT2D eigenvalue weighted by Crippen LogP contribution is -2.40. The summed E-state index contributed by atoms with van der Waals surface area (Å²) in [7, 11) is 0. The van der Waals surface area contributed by atoms with Crippen molar-refractivity contribution in [1.82, 2.24) is 14.7 Å². The van der Waals surface area contributed by atoms with Gasteiger partial charge in [0.25, 0.3) is 0 Å². The number of rotatable bonds is 6. The molecule has 0 amide bonds. The van der Waals surface area contributed by atoms with Gasteiger partial charge in [-0.2, -0.15) is 5.10 Å². The van der Waals surface area contributed by atoms with Crippen molar-refractivity contribution >= 4 is 5.78 Å². The van der Waals surface area contributed by atoms with Crippen LogP contribution in [0.25, 0.3) is 0 Å². The van der Waals surface area contributed by atoms with Crippen LogP contribution in [0.1, 0.15) is 58.2 Å². The van der Waals surface area contributed by atoms with Gasteiger partial charge in [0, 0.05) is 38.2 Å².